The van der Waals surface area contributed by atoms with Crippen molar-refractivity contribution in [1.29, 1.82) is 0 Å². The van der Waals surface area contributed by atoms with Gasteiger partial charge in [-0.3, -0.25) is 4.98 Å². The number of fused-ring (bicyclic) bond motifs is 1. The van der Waals surface area contributed by atoms with Crippen LogP contribution in [0.1, 0.15) is 24.8 Å². The number of benzene rings is 1. The average Bonchev–Trinajstić information content (AvgIpc) is 3.02. The maximum Gasteiger partial charge on any atom is 0.164 e. The van der Waals surface area contributed by atoms with Gasteiger partial charge in [-0.05, 0) is 36.8 Å². The molecule has 0 amide bonds. The van der Waals surface area contributed by atoms with Crippen LogP contribution >= 0.6 is 0 Å². The van der Waals surface area contributed by atoms with Gasteiger partial charge in [0.05, 0.1) is 17.5 Å². The smallest absolute Gasteiger partial charge is 0.164 e. The first-order valence-corrected chi connectivity index (χ1v) is 8.31. The molecule has 0 bridgehead atoms. The molecule has 4 heteroatoms. The lowest BCUT2D eigenvalue weighted by Gasteiger charge is -2.41. The van der Waals surface area contributed by atoms with Crippen LogP contribution in [0, 0.1) is 17.7 Å². The molecule has 1 saturated carbocycles. The number of pyridine rings is 1. The maximum absolute atomic E-state index is 14.1. The van der Waals surface area contributed by atoms with Crippen LogP contribution < -0.4 is 4.90 Å². The second kappa shape index (κ2) is 5.60. The molecule has 2 aliphatic rings. The molecule has 0 radical (unpaired) electrons. The molecule has 3 nitrogen and oxygen atoms in total. The summed E-state index contributed by atoms with van der Waals surface area (Å²) in [4.78, 5) is 5.91. The third-order valence-corrected chi connectivity index (χ3v) is 5.55. The van der Waals surface area contributed by atoms with Gasteiger partial charge in [0, 0.05) is 25.2 Å². The number of aromatic nitrogens is 1. The molecule has 4 rings (SSSR count). The highest BCUT2D eigenvalue weighted by Crippen LogP contribution is 2.49. The van der Waals surface area contributed by atoms with Gasteiger partial charge < -0.3 is 10.0 Å². The maximum atomic E-state index is 14.1. The van der Waals surface area contributed by atoms with Crippen LogP contribution in [0.2, 0.25) is 0 Å². The largest absolute Gasteiger partial charge is 0.385 e. The summed E-state index contributed by atoms with van der Waals surface area (Å²) >= 11 is 0. The molecule has 23 heavy (non-hydrogen) atoms. The van der Waals surface area contributed by atoms with E-state index in [2.05, 4.69) is 9.88 Å². The zero-order valence-electron chi connectivity index (χ0n) is 13.0. The molecule has 0 spiro atoms. The van der Waals surface area contributed by atoms with Gasteiger partial charge in [0.25, 0.3) is 0 Å². The highest BCUT2D eigenvalue weighted by Gasteiger charge is 2.49. The fourth-order valence-electron chi connectivity index (χ4n) is 4.43. The Morgan fingerprint density at radius 1 is 1.17 bits per heavy atom. The summed E-state index contributed by atoms with van der Waals surface area (Å²) in [5, 5.41) is 11.4. The summed E-state index contributed by atoms with van der Waals surface area (Å²) in [6.07, 6.45) is 5.79. The minimum absolute atomic E-state index is 0.145. The summed E-state index contributed by atoms with van der Waals surface area (Å²) in [5.74, 6) is 0.266. The predicted molar refractivity (Wildman–Crippen MR) is 87.6 cm³/mol. The van der Waals surface area contributed by atoms with E-state index in [9.17, 15) is 9.50 Å². The van der Waals surface area contributed by atoms with Gasteiger partial charge >= 0.3 is 0 Å². The zero-order valence-corrected chi connectivity index (χ0v) is 13.0. The lowest BCUT2D eigenvalue weighted by Crippen LogP contribution is -2.42. The van der Waals surface area contributed by atoms with Gasteiger partial charge in [-0.15, -0.1) is 0 Å². The lowest BCUT2D eigenvalue weighted by atomic mass is 9.67. The van der Waals surface area contributed by atoms with E-state index in [0.29, 0.717) is 18.2 Å². The summed E-state index contributed by atoms with van der Waals surface area (Å²) < 4.78 is 14.1. The molecule has 1 aliphatic heterocycles. The molecule has 1 saturated heterocycles. The van der Waals surface area contributed by atoms with Crippen LogP contribution in [-0.4, -0.2) is 23.2 Å². The standard InChI is InChI=1S/C19H21FN2O/c20-17-11-21-10-8-18(17)22-12-14-5-4-9-19(23,16(14)13-22)15-6-2-1-3-7-15/h1-3,6-8,10-11,14,16,23H,4-5,9,12-13H2/t14-,16+,19+/m0/s1. The Bertz CT molecular complexity index is 693. The Morgan fingerprint density at radius 3 is 2.78 bits per heavy atom. The summed E-state index contributed by atoms with van der Waals surface area (Å²) in [6.45, 7) is 1.50. The second-order valence-corrected chi connectivity index (χ2v) is 6.78. The fraction of sp³-hybridized carbons (Fsp3) is 0.421. The van der Waals surface area contributed by atoms with E-state index in [1.54, 1.807) is 12.3 Å². The molecule has 2 fully saturated rings. The van der Waals surface area contributed by atoms with E-state index in [4.69, 9.17) is 0 Å². The third-order valence-electron chi connectivity index (χ3n) is 5.55. The molecule has 2 aromatic rings. The van der Waals surface area contributed by atoms with Gasteiger partial charge in [0.15, 0.2) is 5.82 Å². The number of anilines is 1. The van der Waals surface area contributed by atoms with E-state index < -0.39 is 5.60 Å². The molecule has 0 unspecified atom stereocenters. The molecule has 1 aromatic carbocycles. The zero-order chi connectivity index (χ0) is 15.9. The van der Waals surface area contributed by atoms with E-state index in [-0.39, 0.29) is 11.7 Å². The van der Waals surface area contributed by atoms with E-state index in [1.165, 1.54) is 6.20 Å². The Balaban J connectivity index is 1.66. The number of halogens is 1. The van der Waals surface area contributed by atoms with Crippen molar-refractivity contribution in [2.24, 2.45) is 11.8 Å². The minimum atomic E-state index is -0.803. The van der Waals surface area contributed by atoms with Gasteiger partial charge in [0.2, 0.25) is 0 Å². The number of hydrogen-bond donors (Lipinski definition) is 1. The number of aliphatic hydroxyl groups is 1. The van der Waals surface area contributed by atoms with Crippen molar-refractivity contribution in [1.82, 2.24) is 4.98 Å². The van der Waals surface area contributed by atoms with Crippen LogP contribution in [-0.2, 0) is 5.60 Å². The van der Waals surface area contributed by atoms with E-state index in [0.717, 1.165) is 31.4 Å². The minimum Gasteiger partial charge on any atom is -0.385 e. The Kier molecular flexibility index (Phi) is 3.57. The average molecular weight is 312 g/mol. The molecule has 1 N–H and O–H groups in total. The highest BCUT2D eigenvalue weighted by molar-refractivity contribution is 5.48. The Morgan fingerprint density at radius 2 is 2.00 bits per heavy atom. The molecule has 3 atom stereocenters. The van der Waals surface area contributed by atoms with E-state index in [1.807, 2.05) is 30.3 Å². The normalized spacial score (nSPS) is 30.3. The first kappa shape index (κ1) is 14.6. The van der Waals surface area contributed by atoms with Crippen molar-refractivity contribution in [3.05, 3.63) is 60.2 Å². The van der Waals surface area contributed by atoms with Crippen molar-refractivity contribution < 1.29 is 9.50 Å². The van der Waals surface area contributed by atoms with Gasteiger partial charge in [0.1, 0.15) is 0 Å². The van der Waals surface area contributed by atoms with Crippen molar-refractivity contribution in [2.75, 3.05) is 18.0 Å². The summed E-state index contributed by atoms with van der Waals surface area (Å²) in [5.41, 5.74) is 0.791. The quantitative estimate of drug-likeness (QED) is 0.924. The second-order valence-electron chi connectivity index (χ2n) is 6.78. The summed E-state index contributed by atoms with van der Waals surface area (Å²) in [7, 11) is 0. The van der Waals surface area contributed by atoms with Gasteiger partial charge in [-0.2, -0.15) is 0 Å². The SMILES string of the molecule is O[C@@]1(c2ccccc2)CCC[C@H]2CN(c3ccncc3F)C[C@H]21. The lowest BCUT2D eigenvalue weighted by molar-refractivity contribution is -0.0631. The van der Waals surface area contributed by atoms with Crippen LogP contribution in [0.4, 0.5) is 10.1 Å². The molecular formula is C19H21FN2O. The number of hydrogen-bond acceptors (Lipinski definition) is 3. The molecule has 2 heterocycles. The fourth-order valence-corrected chi connectivity index (χ4v) is 4.43. The monoisotopic (exact) mass is 312 g/mol. The van der Waals surface area contributed by atoms with Crippen molar-refractivity contribution in [3.8, 4) is 0 Å². The van der Waals surface area contributed by atoms with Gasteiger partial charge in [-0.25, -0.2) is 4.39 Å². The van der Waals surface area contributed by atoms with Crippen molar-refractivity contribution in [3.63, 3.8) is 0 Å². The highest BCUT2D eigenvalue weighted by atomic mass is 19.1. The van der Waals surface area contributed by atoms with E-state index >= 15 is 0 Å². The Hall–Kier alpha value is -1.94. The topological polar surface area (TPSA) is 36.4 Å². The van der Waals surface area contributed by atoms with Gasteiger partial charge in [-0.1, -0.05) is 30.3 Å². The van der Waals surface area contributed by atoms with Crippen LogP contribution in [0.5, 0.6) is 0 Å². The number of nitrogens with zero attached hydrogens (tertiary/aromatic N) is 2. The molecule has 1 aromatic heterocycles. The van der Waals surface area contributed by atoms with Crippen LogP contribution in [0.3, 0.4) is 0 Å². The van der Waals surface area contributed by atoms with Crippen molar-refractivity contribution >= 4 is 5.69 Å². The summed E-state index contributed by atoms with van der Waals surface area (Å²) in [6, 6.07) is 11.7. The van der Waals surface area contributed by atoms with Crippen molar-refractivity contribution in [2.45, 2.75) is 24.9 Å². The first-order chi connectivity index (χ1) is 11.2. The molecule has 1 aliphatic carbocycles. The molecule has 120 valence electrons. The molecular weight excluding hydrogens is 291 g/mol. The third kappa shape index (κ3) is 2.41. The predicted octanol–water partition coefficient (Wildman–Crippen LogP) is 3.34. The number of rotatable bonds is 2. The van der Waals surface area contributed by atoms with Crippen LogP contribution in [0.15, 0.2) is 48.8 Å². The Labute approximate surface area is 135 Å². The van der Waals surface area contributed by atoms with Crippen LogP contribution in [0.25, 0.3) is 0 Å². The first-order valence-electron chi connectivity index (χ1n) is 8.31.